The number of carbonyl (C=O) groups is 3. The van der Waals surface area contributed by atoms with Crippen molar-refractivity contribution in [2.24, 2.45) is 0 Å². The molecule has 0 rings (SSSR count). The van der Waals surface area contributed by atoms with E-state index in [0.717, 1.165) is 12.6 Å². The summed E-state index contributed by atoms with van der Waals surface area (Å²) in [7, 11) is 0. The molecule has 0 bridgehead atoms. The molecule has 0 heterocycles. The SMILES string of the molecule is CC=O.CC=O.CC=S.CCOC(C)=O. The Morgan fingerprint density at radius 1 is 1.20 bits per heavy atom. The molecular weight excluding hydrogens is 216 g/mol. The van der Waals surface area contributed by atoms with Crippen molar-refractivity contribution in [1.82, 2.24) is 0 Å². The van der Waals surface area contributed by atoms with Gasteiger partial charge in [-0.05, 0) is 33.1 Å². The van der Waals surface area contributed by atoms with Crippen LogP contribution in [0, 0.1) is 0 Å². The molecule has 0 saturated carbocycles. The second-order valence-corrected chi connectivity index (χ2v) is 2.10. The molecule has 0 unspecified atom stereocenters. The zero-order chi connectivity index (χ0) is 13.1. The lowest BCUT2D eigenvalue weighted by Crippen LogP contribution is -1.95. The Morgan fingerprint density at radius 3 is 1.40 bits per heavy atom. The number of rotatable bonds is 1. The van der Waals surface area contributed by atoms with Crippen LogP contribution in [0.4, 0.5) is 0 Å². The van der Waals surface area contributed by atoms with Crippen molar-refractivity contribution in [1.29, 1.82) is 0 Å². The summed E-state index contributed by atoms with van der Waals surface area (Å²) >= 11 is 4.27. The Morgan fingerprint density at radius 2 is 1.40 bits per heavy atom. The predicted molar refractivity (Wildman–Crippen MR) is 65.1 cm³/mol. The van der Waals surface area contributed by atoms with Crippen LogP contribution in [-0.2, 0) is 19.1 Å². The fraction of sp³-hybridized carbons (Fsp3) is 0.600. The van der Waals surface area contributed by atoms with Crippen molar-refractivity contribution in [3.63, 3.8) is 0 Å². The maximum Gasteiger partial charge on any atom is 0.302 e. The van der Waals surface area contributed by atoms with Gasteiger partial charge in [0.05, 0.1) is 6.61 Å². The molecule has 0 saturated heterocycles. The molecule has 0 amide bonds. The van der Waals surface area contributed by atoms with Gasteiger partial charge in [-0.15, -0.1) is 0 Å². The molecule has 90 valence electrons. The van der Waals surface area contributed by atoms with Crippen LogP contribution in [0.15, 0.2) is 0 Å². The topological polar surface area (TPSA) is 60.4 Å². The number of ether oxygens (including phenoxy) is 1. The lowest BCUT2D eigenvalue weighted by Gasteiger charge is -1.89. The van der Waals surface area contributed by atoms with Crippen molar-refractivity contribution in [3.05, 3.63) is 0 Å². The predicted octanol–water partition coefficient (Wildman–Crippen LogP) is 1.99. The summed E-state index contributed by atoms with van der Waals surface area (Å²) in [6.07, 6.45) is 1.50. The smallest absolute Gasteiger partial charge is 0.302 e. The fourth-order valence-corrected chi connectivity index (χ4v) is 0.203. The highest BCUT2D eigenvalue weighted by atomic mass is 32.1. The van der Waals surface area contributed by atoms with Crippen LogP contribution >= 0.6 is 12.2 Å². The molecule has 0 N–H and O–H groups in total. The van der Waals surface area contributed by atoms with Crippen LogP contribution < -0.4 is 0 Å². The third-order valence-electron chi connectivity index (χ3n) is 0.348. The van der Waals surface area contributed by atoms with Crippen molar-refractivity contribution in [2.45, 2.75) is 34.6 Å². The molecule has 0 aliphatic heterocycles. The van der Waals surface area contributed by atoms with E-state index in [1.165, 1.54) is 20.8 Å². The van der Waals surface area contributed by atoms with Crippen molar-refractivity contribution in [3.8, 4) is 0 Å². The van der Waals surface area contributed by atoms with Crippen LogP contribution in [0.1, 0.15) is 34.6 Å². The van der Waals surface area contributed by atoms with Crippen LogP contribution in [0.2, 0.25) is 0 Å². The Kier molecular flexibility index (Phi) is 60.4. The van der Waals surface area contributed by atoms with Gasteiger partial charge >= 0.3 is 5.97 Å². The van der Waals surface area contributed by atoms with Gasteiger partial charge in [0.15, 0.2) is 0 Å². The highest BCUT2D eigenvalue weighted by Gasteiger charge is 1.81. The van der Waals surface area contributed by atoms with E-state index in [1.54, 1.807) is 12.3 Å². The third-order valence-corrected chi connectivity index (χ3v) is 0.348. The Hall–Kier alpha value is -1.10. The molecule has 0 aromatic rings. The van der Waals surface area contributed by atoms with Gasteiger partial charge < -0.3 is 14.3 Å². The van der Waals surface area contributed by atoms with E-state index in [0.29, 0.717) is 6.61 Å². The molecule has 15 heavy (non-hydrogen) atoms. The molecule has 0 aliphatic rings. The van der Waals surface area contributed by atoms with Crippen LogP contribution in [0.3, 0.4) is 0 Å². The molecule has 0 aliphatic carbocycles. The summed E-state index contributed by atoms with van der Waals surface area (Å²) in [4.78, 5) is 27.4. The normalized spacial score (nSPS) is 5.67. The lowest BCUT2D eigenvalue weighted by atomic mass is 10.8. The average molecular weight is 236 g/mol. The molecule has 0 spiro atoms. The monoisotopic (exact) mass is 236 g/mol. The minimum absolute atomic E-state index is 0.211. The van der Waals surface area contributed by atoms with Gasteiger partial charge in [-0.2, -0.15) is 0 Å². The van der Waals surface area contributed by atoms with E-state index in [4.69, 9.17) is 9.59 Å². The molecular formula is C10H20O4S. The summed E-state index contributed by atoms with van der Waals surface area (Å²) < 4.78 is 4.40. The van der Waals surface area contributed by atoms with Crippen LogP contribution in [-0.4, -0.2) is 30.5 Å². The zero-order valence-corrected chi connectivity index (χ0v) is 10.8. The van der Waals surface area contributed by atoms with Gasteiger partial charge in [-0.25, -0.2) is 0 Å². The number of aldehydes is 2. The zero-order valence-electron chi connectivity index (χ0n) is 9.98. The second-order valence-electron chi connectivity index (χ2n) is 1.63. The largest absolute Gasteiger partial charge is 0.466 e. The lowest BCUT2D eigenvalue weighted by molar-refractivity contribution is -0.140. The average Bonchev–Trinajstić information content (AvgIpc) is 2.07. The summed E-state index contributed by atoms with van der Waals surface area (Å²) in [6.45, 7) is 8.36. The van der Waals surface area contributed by atoms with E-state index in [1.807, 2.05) is 6.92 Å². The number of esters is 1. The van der Waals surface area contributed by atoms with Crippen molar-refractivity contribution in [2.75, 3.05) is 6.61 Å². The summed E-state index contributed by atoms with van der Waals surface area (Å²) in [5.41, 5.74) is 0. The van der Waals surface area contributed by atoms with Gasteiger partial charge in [0.1, 0.15) is 12.6 Å². The van der Waals surface area contributed by atoms with Gasteiger partial charge in [-0.3, -0.25) is 4.79 Å². The van der Waals surface area contributed by atoms with E-state index in [9.17, 15) is 4.79 Å². The third kappa shape index (κ3) is 425. The summed E-state index contributed by atoms with van der Waals surface area (Å²) in [5.74, 6) is -0.211. The maximum absolute atomic E-state index is 9.82. The molecule has 0 aromatic heterocycles. The van der Waals surface area contributed by atoms with Crippen molar-refractivity contribution < 1.29 is 19.1 Å². The maximum atomic E-state index is 9.82. The Bertz CT molecular complexity index is 132. The first kappa shape index (κ1) is 23.6. The first-order chi connectivity index (χ1) is 7.01. The quantitative estimate of drug-likeness (QED) is 0.396. The Balaban J connectivity index is -0.0000000581. The fourth-order valence-electron chi connectivity index (χ4n) is 0.203. The minimum Gasteiger partial charge on any atom is -0.466 e. The highest BCUT2D eigenvalue weighted by molar-refractivity contribution is 7.78. The van der Waals surface area contributed by atoms with Crippen LogP contribution in [0.5, 0.6) is 0 Å². The van der Waals surface area contributed by atoms with E-state index < -0.39 is 0 Å². The van der Waals surface area contributed by atoms with E-state index in [2.05, 4.69) is 17.0 Å². The second kappa shape index (κ2) is 38.4. The molecule has 0 fully saturated rings. The number of thiocarbonyl (C=S) groups is 1. The van der Waals surface area contributed by atoms with E-state index in [-0.39, 0.29) is 5.97 Å². The summed E-state index contributed by atoms with van der Waals surface area (Å²) in [5, 5.41) is 1.58. The van der Waals surface area contributed by atoms with Gasteiger partial charge in [-0.1, -0.05) is 12.2 Å². The molecule has 0 atom stereocenters. The summed E-state index contributed by atoms with van der Waals surface area (Å²) in [6, 6.07) is 0. The number of hydrogen-bond acceptors (Lipinski definition) is 5. The first-order valence-electron chi connectivity index (χ1n) is 4.34. The van der Waals surface area contributed by atoms with Crippen LogP contribution in [0.25, 0.3) is 0 Å². The standard InChI is InChI=1S/C4H8O2.2C2H4O.C2H4S/c1-3-6-4(2)5;3*1-2-3/h3H2,1-2H3;3*2H,1H3. The van der Waals surface area contributed by atoms with Gasteiger partial charge in [0, 0.05) is 6.92 Å². The molecule has 0 aromatic carbocycles. The molecule has 0 radical (unpaired) electrons. The van der Waals surface area contributed by atoms with E-state index >= 15 is 0 Å². The Labute approximate surface area is 97.0 Å². The number of hydrogen-bond donors (Lipinski definition) is 0. The van der Waals surface area contributed by atoms with Crippen molar-refractivity contribution >= 4 is 36.1 Å². The molecule has 4 nitrogen and oxygen atoms in total. The first-order valence-corrected chi connectivity index (χ1v) is 4.81. The highest BCUT2D eigenvalue weighted by Crippen LogP contribution is 1.69. The van der Waals surface area contributed by atoms with Gasteiger partial charge in [0.2, 0.25) is 0 Å². The number of carbonyl (C=O) groups excluding carboxylic acids is 3. The minimum atomic E-state index is -0.211. The van der Waals surface area contributed by atoms with Gasteiger partial charge in [0.25, 0.3) is 0 Å². The molecule has 5 heteroatoms.